The van der Waals surface area contributed by atoms with Crippen LogP contribution in [0.15, 0.2) is 22.9 Å². The van der Waals surface area contributed by atoms with Crippen molar-refractivity contribution in [1.29, 1.82) is 0 Å². The maximum absolute atomic E-state index is 4.27. The topological polar surface area (TPSA) is 24.9 Å². The molecule has 1 aliphatic rings. The predicted octanol–water partition coefficient (Wildman–Crippen LogP) is 4.08. The number of nitrogens with one attached hydrogen (secondary N) is 1. The highest BCUT2D eigenvalue weighted by Gasteiger charge is 2.23. The maximum Gasteiger partial charge on any atom is 0.0410 e. The highest BCUT2D eigenvalue weighted by molar-refractivity contribution is 9.10. The number of pyridine rings is 1. The molecule has 3 heteroatoms. The minimum absolute atomic E-state index is 0.473. The van der Waals surface area contributed by atoms with Crippen molar-refractivity contribution in [2.24, 2.45) is 5.92 Å². The van der Waals surface area contributed by atoms with Gasteiger partial charge in [0.1, 0.15) is 0 Å². The van der Waals surface area contributed by atoms with E-state index in [1.54, 1.807) is 0 Å². The molecule has 1 aromatic rings. The fourth-order valence-corrected chi connectivity index (χ4v) is 2.52. The van der Waals surface area contributed by atoms with E-state index >= 15 is 0 Å². The lowest BCUT2D eigenvalue weighted by Crippen LogP contribution is -2.22. The van der Waals surface area contributed by atoms with Crippen LogP contribution in [0.4, 0.5) is 0 Å². The Balaban J connectivity index is 1.96. The van der Waals surface area contributed by atoms with Crippen LogP contribution in [0.3, 0.4) is 0 Å². The van der Waals surface area contributed by atoms with Gasteiger partial charge in [0, 0.05) is 22.9 Å². The highest BCUT2D eigenvalue weighted by atomic mass is 79.9. The van der Waals surface area contributed by atoms with Gasteiger partial charge in [-0.25, -0.2) is 0 Å². The van der Waals surface area contributed by atoms with Gasteiger partial charge in [-0.15, -0.1) is 0 Å². The van der Waals surface area contributed by atoms with Gasteiger partial charge in [0.2, 0.25) is 0 Å². The summed E-state index contributed by atoms with van der Waals surface area (Å²) in [5.41, 5.74) is 1.31. The first-order valence-corrected chi connectivity index (χ1v) is 7.42. The second-order valence-electron chi connectivity index (χ2n) is 4.96. The second kappa shape index (κ2) is 6.50. The lowest BCUT2D eigenvalue weighted by molar-refractivity contribution is 0.469. The van der Waals surface area contributed by atoms with E-state index in [1.807, 2.05) is 12.4 Å². The molecule has 1 fully saturated rings. The molecule has 1 atom stereocenters. The molecule has 0 saturated heterocycles. The molecule has 0 bridgehead atoms. The molecule has 1 saturated carbocycles. The van der Waals surface area contributed by atoms with Gasteiger partial charge in [-0.05, 0) is 59.3 Å². The summed E-state index contributed by atoms with van der Waals surface area (Å²) >= 11 is 3.50. The Morgan fingerprint density at radius 3 is 2.94 bits per heavy atom. The minimum atomic E-state index is 0.473. The maximum atomic E-state index is 4.27. The molecule has 1 unspecified atom stereocenters. The number of hydrogen-bond acceptors (Lipinski definition) is 2. The van der Waals surface area contributed by atoms with Gasteiger partial charge in [-0.2, -0.15) is 0 Å². The minimum Gasteiger partial charge on any atom is -0.310 e. The summed E-state index contributed by atoms with van der Waals surface area (Å²) in [4.78, 5) is 4.27. The molecule has 1 heterocycles. The Labute approximate surface area is 112 Å². The molecule has 0 aromatic carbocycles. The van der Waals surface area contributed by atoms with Crippen LogP contribution < -0.4 is 5.32 Å². The molecule has 2 nitrogen and oxygen atoms in total. The van der Waals surface area contributed by atoms with E-state index in [1.165, 1.54) is 37.7 Å². The molecular formula is C14H21BrN2. The van der Waals surface area contributed by atoms with Crippen LogP contribution in [0, 0.1) is 5.92 Å². The van der Waals surface area contributed by atoms with E-state index in [2.05, 4.69) is 39.2 Å². The zero-order chi connectivity index (χ0) is 12.1. The zero-order valence-electron chi connectivity index (χ0n) is 10.5. The Kier molecular flexibility index (Phi) is 4.99. The molecule has 94 valence electrons. The fourth-order valence-electron chi connectivity index (χ4n) is 2.13. The molecule has 1 aliphatic carbocycles. The lowest BCUT2D eigenvalue weighted by Gasteiger charge is -2.18. The summed E-state index contributed by atoms with van der Waals surface area (Å²) in [6, 6.07) is 2.66. The quantitative estimate of drug-likeness (QED) is 0.820. The van der Waals surface area contributed by atoms with Gasteiger partial charge in [0.15, 0.2) is 0 Å². The average Bonchev–Trinajstić information content (AvgIpc) is 3.13. The summed E-state index contributed by atoms with van der Waals surface area (Å²) in [5.74, 6) is 1.00. The zero-order valence-corrected chi connectivity index (χ0v) is 12.0. The Morgan fingerprint density at radius 1 is 1.47 bits per heavy atom. The molecular weight excluding hydrogens is 276 g/mol. The normalized spacial score (nSPS) is 17.1. The third kappa shape index (κ3) is 4.40. The number of hydrogen-bond donors (Lipinski definition) is 1. The molecule has 2 rings (SSSR count). The van der Waals surface area contributed by atoms with Crippen molar-refractivity contribution < 1.29 is 0 Å². The van der Waals surface area contributed by atoms with Crippen molar-refractivity contribution in [3.63, 3.8) is 0 Å². The van der Waals surface area contributed by atoms with Crippen molar-refractivity contribution in [3.05, 3.63) is 28.5 Å². The van der Waals surface area contributed by atoms with Crippen molar-refractivity contribution >= 4 is 15.9 Å². The molecule has 1 N–H and O–H groups in total. The van der Waals surface area contributed by atoms with Crippen LogP contribution in [0.2, 0.25) is 0 Å². The molecule has 17 heavy (non-hydrogen) atoms. The number of nitrogens with zero attached hydrogens (tertiary/aromatic N) is 1. The van der Waals surface area contributed by atoms with Gasteiger partial charge in [0.25, 0.3) is 0 Å². The standard InChI is InChI=1S/C14H21BrN2/c1-2-7-17-14(6-5-11-3-4-11)12-8-13(15)10-16-9-12/h8-11,14,17H,2-7H2,1H3. The Bertz CT molecular complexity index is 350. The molecule has 0 spiro atoms. The predicted molar refractivity (Wildman–Crippen MR) is 74.9 cm³/mol. The van der Waals surface area contributed by atoms with Crippen molar-refractivity contribution in [1.82, 2.24) is 10.3 Å². The van der Waals surface area contributed by atoms with Crippen molar-refractivity contribution in [3.8, 4) is 0 Å². The second-order valence-corrected chi connectivity index (χ2v) is 5.88. The fraction of sp³-hybridized carbons (Fsp3) is 0.643. The Hall–Kier alpha value is -0.410. The van der Waals surface area contributed by atoms with Crippen LogP contribution in [-0.2, 0) is 0 Å². The SMILES string of the molecule is CCCNC(CCC1CC1)c1cncc(Br)c1. The molecule has 0 amide bonds. The smallest absolute Gasteiger partial charge is 0.0410 e. The summed E-state index contributed by atoms with van der Waals surface area (Å²) in [6.07, 6.45) is 10.5. The largest absolute Gasteiger partial charge is 0.310 e. The van der Waals surface area contributed by atoms with Crippen LogP contribution in [0.1, 0.15) is 50.6 Å². The van der Waals surface area contributed by atoms with Crippen LogP contribution >= 0.6 is 15.9 Å². The number of halogens is 1. The van der Waals surface area contributed by atoms with Gasteiger partial charge < -0.3 is 5.32 Å². The van der Waals surface area contributed by atoms with E-state index in [4.69, 9.17) is 0 Å². The van der Waals surface area contributed by atoms with Crippen LogP contribution in [0.25, 0.3) is 0 Å². The van der Waals surface area contributed by atoms with E-state index in [0.29, 0.717) is 6.04 Å². The summed E-state index contributed by atoms with van der Waals surface area (Å²) < 4.78 is 1.07. The Morgan fingerprint density at radius 2 is 2.29 bits per heavy atom. The summed E-state index contributed by atoms with van der Waals surface area (Å²) in [7, 11) is 0. The third-order valence-electron chi connectivity index (χ3n) is 3.33. The molecule has 0 aliphatic heterocycles. The first-order valence-electron chi connectivity index (χ1n) is 6.63. The first-order chi connectivity index (χ1) is 8.29. The van der Waals surface area contributed by atoms with E-state index in [0.717, 1.165) is 16.9 Å². The van der Waals surface area contributed by atoms with Gasteiger partial charge in [0.05, 0.1) is 0 Å². The monoisotopic (exact) mass is 296 g/mol. The highest BCUT2D eigenvalue weighted by Crippen LogP contribution is 2.36. The van der Waals surface area contributed by atoms with E-state index < -0.39 is 0 Å². The number of rotatable bonds is 7. The van der Waals surface area contributed by atoms with Crippen molar-refractivity contribution in [2.45, 2.75) is 45.1 Å². The first kappa shape index (κ1) is 13.0. The molecule has 0 radical (unpaired) electrons. The van der Waals surface area contributed by atoms with Gasteiger partial charge >= 0.3 is 0 Å². The summed E-state index contributed by atoms with van der Waals surface area (Å²) in [5, 5.41) is 3.64. The van der Waals surface area contributed by atoms with E-state index in [-0.39, 0.29) is 0 Å². The van der Waals surface area contributed by atoms with Gasteiger partial charge in [-0.3, -0.25) is 4.98 Å². The lowest BCUT2D eigenvalue weighted by atomic mass is 10.0. The van der Waals surface area contributed by atoms with Crippen LogP contribution in [0.5, 0.6) is 0 Å². The van der Waals surface area contributed by atoms with Gasteiger partial charge in [-0.1, -0.05) is 19.8 Å². The van der Waals surface area contributed by atoms with Crippen LogP contribution in [-0.4, -0.2) is 11.5 Å². The number of aromatic nitrogens is 1. The van der Waals surface area contributed by atoms with Crippen molar-refractivity contribution in [2.75, 3.05) is 6.54 Å². The van der Waals surface area contributed by atoms with E-state index in [9.17, 15) is 0 Å². The molecule has 1 aromatic heterocycles. The average molecular weight is 297 g/mol. The third-order valence-corrected chi connectivity index (χ3v) is 3.76. The summed E-state index contributed by atoms with van der Waals surface area (Å²) in [6.45, 7) is 3.30.